The molecule has 15 heavy (non-hydrogen) atoms. The highest BCUT2D eigenvalue weighted by Gasteiger charge is 2.11. The lowest BCUT2D eigenvalue weighted by atomic mass is 10.1. The number of benzene rings is 1. The Morgan fingerprint density at radius 3 is 2.53 bits per heavy atom. The van der Waals surface area contributed by atoms with Crippen molar-refractivity contribution < 1.29 is 14.6 Å². The first-order valence-corrected chi connectivity index (χ1v) is 5.01. The summed E-state index contributed by atoms with van der Waals surface area (Å²) in [6.07, 6.45) is 0.382. The molecule has 0 aliphatic carbocycles. The number of rotatable bonds is 5. The van der Waals surface area contributed by atoms with Crippen molar-refractivity contribution in [1.29, 1.82) is 0 Å². The van der Waals surface area contributed by atoms with Crippen LogP contribution in [0.1, 0.15) is 24.5 Å². The second-order valence-corrected chi connectivity index (χ2v) is 3.64. The SMILES string of the molecule is COC(CCC(=O)O)c1ccc(Cl)cc1. The van der Waals surface area contributed by atoms with Gasteiger partial charge in [-0.1, -0.05) is 23.7 Å². The Labute approximate surface area is 93.6 Å². The van der Waals surface area contributed by atoms with Gasteiger partial charge in [-0.25, -0.2) is 0 Å². The number of methoxy groups -OCH3 is 1. The van der Waals surface area contributed by atoms with Crippen LogP contribution in [0.3, 0.4) is 0 Å². The summed E-state index contributed by atoms with van der Waals surface area (Å²) in [7, 11) is 1.57. The first-order chi connectivity index (χ1) is 7.13. The lowest BCUT2D eigenvalue weighted by molar-refractivity contribution is -0.137. The van der Waals surface area contributed by atoms with Gasteiger partial charge in [0.1, 0.15) is 0 Å². The zero-order valence-corrected chi connectivity index (χ0v) is 9.20. The maximum absolute atomic E-state index is 10.4. The topological polar surface area (TPSA) is 46.5 Å². The van der Waals surface area contributed by atoms with E-state index in [1.54, 1.807) is 19.2 Å². The van der Waals surface area contributed by atoms with Crippen molar-refractivity contribution in [3.8, 4) is 0 Å². The Morgan fingerprint density at radius 2 is 2.07 bits per heavy atom. The van der Waals surface area contributed by atoms with Crippen LogP contribution >= 0.6 is 11.6 Å². The summed E-state index contributed by atoms with van der Waals surface area (Å²) in [5.74, 6) is -0.814. The third-order valence-electron chi connectivity index (χ3n) is 2.15. The van der Waals surface area contributed by atoms with E-state index in [0.717, 1.165) is 5.56 Å². The molecule has 1 atom stereocenters. The van der Waals surface area contributed by atoms with Gasteiger partial charge in [0.05, 0.1) is 6.10 Å². The van der Waals surface area contributed by atoms with Crippen LogP contribution < -0.4 is 0 Å². The van der Waals surface area contributed by atoms with Gasteiger partial charge in [-0.05, 0) is 24.1 Å². The van der Waals surface area contributed by atoms with Gasteiger partial charge in [-0.3, -0.25) is 4.79 Å². The lowest BCUT2D eigenvalue weighted by Gasteiger charge is -2.14. The van der Waals surface area contributed by atoms with E-state index < -0.39 is 5.97 Å². The molecule has 0 fully saturated rings. The molecule has 0 saturated carbocycles. The van der Waals surface area contributed by atoms with Gasteiger partial charge in [-0.2, -0.15) is 0 Å². The molecule has 0 aliphatic rings. The van der Waals surface area contributed by atoms with E-state index in [1.807, 2.05) is 12.1 Å². The number of ether oxygens (including phenoxy) is 1. The Morgan fingerprint density at radius 1 is 1.47 bits per heavy atom. The van der Waals surface area contributed by atoms with Crippen LogP contribution in [-0.2, 0) is 9.53 Å². The molecule has 3 nitrogen and oxygen atoms in total. The third-order valence-corrected chi connectivity index (χ3v) is 2.40. The molecular weight excluding hydrogens is 216 g/mol. The minimum absolute atomic E-state index is 0.0983. The molecule has 0 amide bonds. The van der Waals surface area contributed by atoms with Gasteiger partial charge in [0, 0.05) is 18.6 Å². The first-order valence-electron chi connectivity index (χ1n) is 4.63. The highest BCUT2D eigenvalue weighted by Crippen LogP contribution is 2.23. The van der Waals surface area contributed by atoms with E-state index in [9.17, 15) is 4.79 Å². The predicted molar refractivity (Wildman–Crippen MR) is 58.1 cm³/mol. The standard InChI is InChI=1S/C11H13ClO3/c1-15-10(6-7-11(13)14)8-2-4-9(12)5-3-8/h2-5,10H,6-7H2,1H3,(H,13,14). The van der Waals surface area contributed by atoms with Crippen LogP contribution in [0, 0.1) is 0 Å². The van der Waals surface area contributed by atoms with E-state index in [2.05, 4.69) is 0 Å². The molecule has 0 aliphatic heterocycles. The number of aliphatic carboxylic acids is 1. The van der Waals surface area contributed by atoms with E-state index in [4.69, 9.17) is 21.4 Å². The summed E-state index contributed by atoms with van der Waals surface area (Å²) >= 11 is 5.75. The van der Waals surface area contributed by atoms with Gasteiger partial charge >= 0.3 is 5.97 Å². The maximum atomic E-state index is 10.4. The lowest BCUT2D eigenvalue weighted by Crippen LogP contribution is -2.05. The monoisotopic (exact) mass is 228 g/mol. The maximum Gasteiger partial charge on any atom is 0.303 e. The van der Waals surface area contributed by atoms with Crippen LogP contribution in [0.2, 0.25) is 5.02 Å². The summed E-state index contributed by atoms with van der Waals surface area (Å²) in [5.41, 5.74) is 0.947. The Kier molecular flexibility index (Phi) is 4.59. The highest BCUT2D eigenvalue weighted by molar-refractivity contribution is 6.30. The van der Waals surface area contributed by atoms with E-state index in [0.29, 0.717) is 11.4 Å². The summed E-state index contributed by atoms with van der Waals surface area (Å²) < 4.78 is 5.22. The molecule has 82 valence electrons. The number of hydrogen-bond donors (Lipinski definition) is 1. The van der Waals surface area contributed by atoms with Crippen molar-refractivity contribution in [3.63, 3.8) is 0 Å². The molecule has 1 aromatic rings. The quantitative estimate of drug-likeness (QED) is 0.843. The van der Waals surface area contributed by atoms with Crippen molar-refractivity contribution in [2.45, 2.75) is 18.9 Å². The van der Waals surface area contributed by atoms with Crippen LogP contribution in [0.5, 0.6) is 0 Å². The van der Waals surface area contributed by atoms with Crippen molar-refractivity contribution in [1.82, 2.24) is 0 Å². The number of carbonyl (C=O) groups is 1. The highest BCUT2D eigenvalue weighted by atomic mass is 35.5. The molecule has 0 heterocycles. The van der Waals surface area contributed by atoms with Crippen LogP contribution in [-0.4, -0.2) is 18.2 Å². The van der Waals surface area contributed by atoms with Gasteiger partial charge in [-0.15, -0.1) is 0 Å². The fraction of sp³-hybridized carbons (Fsp3) is 0.364. The van der Waals surface area contributed by atoms with Gasteiger partial charge in [0.25, 0.3) is 0 Å². The predicted octanol–water partition coefficient (Wildman–Crippen LogP) is 2.89. The minimum atomic E-state index is -0.814. The average Bonchev–Trinajstić information content (AvgIpc) is 2.21. The molecule has 4 heteroatoms. The second kappa shape index (κ2) is 5.73. The molecule has 1 rings (SSSR count). The van der Waals surface area contributed by atoms with Gasteiger partial charge in [0.2, 0.25) is 0 Å². The Balaban J connectivity index is 2.65. The molecule has 0 spiro atoms. The van der Waals surface area contributed by atoms with Crippen LogP contribution in [0.4, 0.5) is 0 Å². The summed E-state index contributed by atoms with van der Waals surface area (Å²) in [4.78, 5) is 10.4. The van der Waals surface area contributed by atoms with Crippen molar-refractivity contribution in [3.05, 3.63) is 34.9 Å². The normalized spacial score (nSPS) is 12.4. The van der Waals surface area contributed by atoms with Crippen molar-refractivity contribution >= 4 is 17.6 Å². The van der Waals surface area contributed by atoms with E-state index in [-0.39, 0.29) is 12.5 Å². The Bertz CT molecular complexity index is 321. The molecular formula is C11H13ClO3. The summed E-state index contributed by atoms with van der Waals surface area (Å²) in [5, 5.41) is 9.23. The fourth-order valence-electron chi connectivity index (χ4n) is 1.35. The zero-order valence-electron chi connectivity index (χ0n) is 8.44. The van der Waals surface area contributed by atoms with E-state index in [1.165, 1.54) is 0 Å². The van der Waals surface area contributed by atoms with Crippen LogP contribution in [0.15, 0.2) is 24.3 Å². The fourth-order valence-corrected chi connectivity index (χ4v) is 1.48. The second-order valence-electron chi connectivity index (χ2n) is 3.21. The molecule has 0 radical (unpaired) electrons. The largest absolute Gasteiger partial charge is 0.481 e. The number of halogens is 1. The Hall–Kier alpha value is -1.06. The molecule has 1 unspecified atom stereocenters. The van der Waals surface area contributed by atoms with E-state index >= 15 is 0 Å². The van der Waals surface area contributed by atoms with Gasteiger partial charge < -0.3 is 9.84 Å². The first kappa shape index (κ1) is 12.0. The van der Waals surface area contributed by atoms with Crippen molar-refractivity contribution in [2.75, 3.05) is 7.11 Å². The van der Waals surface area contributed by atoms with Crippen LogP contribution in [0.25, 0.3) is 0 Å². The number of carboxylic acid groups (broad SMARTS) is 1. The number of carboxylic acids is 1. The van der Waals surface area contributed by atoms with Gasteiger partial charge in [0.15, 0.2) is 0 Å². The minimum Gasteiger partial charge on any atom is -0.481 e. The summed E-state index contributed by atoms with van der Waals surface area (Å²) in [6.45, 7) is 0. The molecule has 0 bridgehead atoms. The smallest absolute Gasteiger partial charge is 0.303 e. The molecule has 1 N–H and O–H groups in total. The zero-order chi connectivity index (χ0) is 11.3. The average molecular weight is 229 g/mol. The third kappa shape index (κ3) is 3.90. The number of hydrogen-bond acceptors (Lipinski definition) is 2. The van der Waals surface area contributed by atoms with Crippen molar-refractivity contribution in [2.24, 2.45) is 0 Å². The molecule has 0 aromatic heterocycles. The molecule has 1 aromatic carbocycles. The summed E-state index contributed by atoms with van der Waals surface area (Å²) in [6, 6.07) is 7.23. The molecule has 0 saturated heterocycles.